The molecule has 0 fully saturated rings. The number of nitrogens with zero attached hydrogens (tertiary/aromatic N) is 1. The second kappa shape index (κ2) is 3.87. The molecule has 7 heteroatoms. The Morgan fingerprint density at radius 2 is 2.21 bits per heavy atom. The number of halogens is 3. The Labute approximate surface area is 85.9 Å². The summed E-state index contributed by atoms with van der Waals surface area (Å²) in [4.78, 5) is 14.1. The first kappa shape index (κ1) is 10.8. The van der Waals surface area contributed by atoms with Gasteiger partial charge in [0, 0.05) is 10.7 Å². The number of hydrogen-bond donors (Lipinski definition) is 2. The predicted molar refractivity (Wildman–Crippen MR) is 48.3 cm³/mol. The monoisotopic (exact) mass is 266 g/mol. The van der Waals surface area contributed by atoms with Crippen LogP contribution in [0.1, 0.15) is 22.3 Å². The van der Waals surface area contributed by atoms with Crippen molar-refractivity contribution in [2.45, 2.75) is 6.43 Å². The molecule has 0 aliphatic rings. The summed E-state index contributed by atoms with van der Waals surface area (Å²) in [6.07, 6.45) is -1.87. The molecule has 0 saturated heterocycles. The highest BCUT2D eigenvalue weighted by molar-refractivity contribution is 9.10. The van der Waals surface area contributed by atoms with Gasteiger partial charge in [-0.05, 0) is 15.9 Å². The summed E-state index contributed by atoms with van der Waals surface area (Å²) in [6, 6.07) is 0. The van der Waals surface area contributed by atoms with Crippen LogP contribution in [0.15, 0.2) is 10.7 Å². The van der Waals surface area contributed by atoms with Gasteiger partial charge >= 0.3 is 5.97 Å². The Morgan fingerprint density at radius 1 is 1.64 bits per heavy atom. The molecule has 0 amide bonds. The van der Waals surface area contributed by atoms with Gasteiger partial charge in [-0.15, -0.1) is 0 Å². The largest absolute Gasteiger partial charge is 0.478 e. The van der Waals surface area contributed by atoms with Crippen molar-refractivity contribution in [3.8, 4) is 0 Å². The highest BCUT2D eigenvalue weighted by Gasteiger charge is 2.24. The maximum atomic E-state index is 12.5. The lowest BCUT2D eigenvalue weighted by Crippen LogP contribution is -2.10. The fraction of sp³-hybridized carbons (Fsp3) is 0.143. The zero-order valence-electron chi connectivity index (χ0n) is 6.67. The third-order valence-corrected chi connectivity index (χ3v) is 2.16. The maximum Gasteiger partial charge on any atom is 0.340 e. The molecule has 76 valence electrons. The number of anilines is 1. The number of nitrogen functional groups attached to an aromatic ring is 1. The van der Waals surface area contributed by atoms with Crippen molar-refractivity contribution in [2.24, 2.45) is 0 Å². The molecule has 0 saturated carbocycles. The van der Waals surface area contributed by atoms with E-state index in [2.05, 4.69) is 20.9 Å². The van der Waals surface area contributed by atoms with Gasteiger partial charge in [-0.1, -0.05) is 0 Å². The quantitative estimate of drug-likeness (QED) is 0.859. The Kier molecular flexibility index (Phi) is 3.00. The Hall–Kier alpha value is -1.24. The molecule has 1 heterocycles. The number of pyridine rings is 1. The molecule has 0 radical (unpaired) electrons. The van der Waals surface area contributed by atoms with Gasteiger partial charge in [-0.25, -0.2) is 18.6 Å². The minimum atomic E-state index is -2.92. The smallest absolute Gasteiger partial charge is 0.340 e. The SMILES string of the molecule is Nc1ncc(Br)c(C(F)F)c1C(=O)O. The van der Waals surface area contributed by atoms with Gasteiger partial charge < -0.3 is 10.8 Å². The summed E-state index contributed by atoms with van der Waals surface area (Å²) in [6.45, 7) is 0. The maximum absolute atomic E-state index is 12.5. The summed E-state index contributed by atoms with van der Waals surface area (Å²) in [5, 5.41) is 8.65. The summed E-state index contributed by atoms with van der Waals surface area (Å²) in [7, 11) is 0. The number of carboxylic acid groups (broad SMARTS) is 1. The molecule has 1 aromatic rings. The first-order valence-electron chi connectivity index (χ1n) is 3.40. The average Bonchev–Trinajstić information content (AvgIpc) is 2.07. The predicted octanol–water partition coefficient (Wildman–Crippen LogP) is 2.06. The number of hydrogen-bond acceptors (Lipinski definition) is 3. The van der Waals surface area contributed by atoms with Gasteiger partial charge in [0.2, 0.25) is 0 Å². The zero-order chi connectivity index (χ0) is 10.9. The second-order valence-corrected chi connectivity index (χ2v) is 3.24. The van der Waals surface area contributed by atoms with Gasteiger partial charge in [0.25, 0.3) is 6.43 Å². The topological polar surface area (TPSA) is 76.2 Å². The van der Waals surface area contributed by atoms with Crippen LogP contribution in [-0.2, 0) is 0 Å². The summed E-state index contributed by atoms with van der Waals surface area (Å²) < 4.78 is 24.8. The molecule has 0 atom stereocenters. The van der Waals surface area contributed by atoms with Gasteiger partial charge in [-0.2, -0.15) is 0 Å². The van der Waals surface area contributed by atoms with E-state index in [1.807, 2.05) is 0 Å². The van der Waals surface area contributed by atoms with Gasteiger partial charge in [0.05, 0.1) is 5.56 Å². The Morgan fingerprint density at radius 3 is 2.57 bits per heavy atom. The molecule has 0 bridgehead atoms. The van der Waals surface area contributed by atoms with Crippen molar-refractivity contribution in [2.75, 3.05) is 5.73 Å². The van der Waals surface area contributed by atoms with Crippen LogP contribution in [0, 0.1) is 0 Å². The molecule has 4 nitrogen and oxygen atoms in total. The van der Waals surface area contributed by atoms with Crippen LogP contribution in [-0.4, -0.2) is 16.1 Å². The van der Waals surface area contributed by atoms with Crippen molar-refractivity contribution in [1.82, 2.24) is 4.98 Å². The molecule has 0 aliphatic heterocycles. The van der Waals surface area contributed by atoms with E-state index in [4.69, 9.17) is 10.8 Å². The number of aromatic carboxylic acids is 1. The number of rotatable bonds is 2. The lowest BCUT2D eigenvalue weighted by atomic mass is 10.1. The van der Waals surface area contributed by atoms with E-state index in [9.17, 15) is 13.6 Å². The highest BCUT2D eigenvalue weighted by Crippen LogP contribution is 2.32. The van der Waals surface area contributed by atoms with Crippen LogP contribution in [0.25, 0.3) is 0 Å². The first-order valence-corrected chi connectivity index (χ1v) is 4.19. The molecular weight excluding hydrogens is 262 g/mol. The van der Waals surface area contributed by atoms with Crippen LogP contribution in [0.5, 0.6) is 0 Å². The fourth-order valence-electron chi connectivity index (χ4n) is 0.956. The summed E-state index contributed by atoms with van der Waals surface area (Å²) in [5.74, 6) is -1.94. The first-order chi connectivity index (χ1) is 6.45. The van der Waals surface area contributed by atoms with E-state index >= 15 is 0 Å². The highest BCUT2D eigenvalue weighted by atomic mass is 79.9. The summed E-state index contributed by atoms with van der Waals surface area (Å²) >= 11 is 2.79. The number of alkyl halides is 2. The van der Waals surface area contributed by atoms with Crippen molar-refractivity contribution < 1.29 is 18.7 Å². The molecule has 1 rings (SSSR count). The molecule has 3 N–H and O–H groups in total. The van der Waals surface area contributed by atoms with E-state index in [0.717, 1.165) is 6.20 Å². The molecule has 0 aliphatic carbocycles. The molecule has 0 unspecified atom stereocenters. The average molecular weight is 267 g/mol. The van der Waals surface area contributed by atoms with Gasteiger partial charge in [0.1, 0.15) is 11.4 Å². The van der Waals surface area contributed by atoms with E-state index in [1.165, 1.54) is 0 Å². The van der Waals surface area contributed by atoms with E-state index < -0.39 is 29.3 Å². The van der Waals surface area contributed by atoms with Crippen molar-refractivity contribution in [3.63, 3.8) is 0 Å². The lowest BCUT2D eigenvalue weighted by molar-refractivity contribution is 0.0685. The van der Waals surface area contributed by atoms with Crippen LogP contribution in [0.4, 0.5) is 14.6 Å². The van der Waals surface area contributed by atoms with Crippen molar-refractivity contribution >= 4 is 27.7 Å². The normalized spacial score (nSPS) is 10.6. The third kappa shape index (κ3) is 1.82. The van der Waals surface area contributed by atoms with E-state index in [0.29, 0.717) is 0 Å². The number of carboxylic acids is 1. The summed E-state index contributed by atoms with van der Waals surface area (Å²) in [5.41, 5.74) is 3.88. The van der Waals surface area contributed by atoms with Crippen LogP contribution in [0.2, 0.25) is 0 Å². The minimum Gasteiger partial charge on any atom is -0.478 e. The Balaban J connectivity index is 3.50. The zero-order valence-corrected chi connectivity index (χ0v) is 8.25. The molecule has 14 heavy (non-hydrogen) atoms. The number of aromatic nitrogens is 1. The fourth-order valence-corrected chi connectivity index (χ4v) is 1.43. The molecule has 0 spiro atoms. The van der Waals surface area contributed by atoms with E-state index in [1.54, 1.807) is 0 Å². The van der Waals surface area contributed by atoms with Crippen molar-refractivity contribution in [3.05, 3.63) is 21.8 Å². The third-order valence-electron chi connectivity index (χ3n) is 1.53. The van der Waals surface area contributed by atoms with Crippen LogP contribution < -0.4 is 5.73 Å². The Bertz CT molecular complexity index is 384. The van der Waals surface area contributed by atoms with Crippen molar-refractivity contribution in [1.29, 1.82) is 0 Å². The second-order valence-electron chi connectivity index (χ2n) is 2.39. The molecular formula is C7H5BrF2N2O2. The molecule has 0 aromatic carbocycles. The van der Waals surface area contributed by atoms with E-state index in [-0.39, 0.29) is 4.47 Å². The van der Waals surface area contributed by atoms with Gasteiger partial charge in [-0.3, -0.25) is 0 Å². The van der Waals surface area contributed by atoms with Crippen LogP contribution in [0.3, 0.4) is 0 Å². The number of carbonyl (C=O) groups is 1. The standard InChI is InChI=1S/C7H5BrF2N2O2/c8-2-1-12-6(11)4(7(13)14)3(2)5(9)10/h1,5H,(H2,11,12)(H,13,14). The number of nitrogens with two attached hydrogens (primary N) is 1. The lowest BCUT2D eigenvalue weighted by Gasteiger charge is -2.08. The minimum absolute atomic E-state index is 0.0703. The van der Waals surface area contributed by atoms with Gasteiger partial charge in [0.15, 0.2) is 0 Å². The molecule has 1 aromatic heterocycles. The van der Waals surface area contributed by atoms with Crippen LogP contribution >= 0.6 is 15.9 Å².